The van der Waals surface area contributed by atoms with Gasteiger partial charge in [-0.1, -0.05) is 18.2 Å². The second-order valence-electron chi connectivity index (χ2n) is 8.72. The first kappa shape index (κ1) is 24.5. The summed E-state index contributed by atoms with van der Waals surface area (Å²) in [7, 11) is 4.71. The van der Waals surface area contributed by atoms with E-state index in [0.717, 1.165) is 34.7 Å². The van der Waals surface area contributed by atoms with Crippen LogP contribution in [0.4, 0.5) is 17.1 Å². The molecule has 7 nitrogen and oxygen atoms in total. The number of benzene rings is 3. The number of carbonyl (C=O) groups excluding carboxylic acids is 1. The molecular weight excluding hydrogens is 486 g/mol. The monoisotopic (exact) mass is 515 g/mol. The molecule has 3 N–H and O–H groups in total. The zero-order valence-electron chi connectivity index (χ0n) is 21.0. The summed E-state index contributed by atoms with van der Waals surface area (Å²) in [6, 6.07) is 19.4. The van der Waals surface area contributed by atoms with Crippen molar-refractivity contribution in [3.63, 3.8) is 0 Å². The molecule has 2 heterocycles. The van der Waals surface area contributed by atoms with Gasteiger partial charge in [0.05, 0.1) is 39.2 Å². The molecule has 190 valence electrons. The van der Waals surface area contributed by atoms with Crippen molar-refractivity contribution in [2.45, 2.75) is 13.0 Å². The van der Waals surface area contributed by atoms with E-state index in [1.165, 1.54) is 5.56 Å². The van der Waals surface area contributed by atoms with Gasteiger partial charge in [-0.05, 0) is 71.0 Å². The molecule has 3 aromatic carbocycles. The van der Waals surface area contributed by atoms with E-state index in [1.807, 2.05) is 60.0 Å². The van der Waals surface area contributed by atoms with Gasteiger partial charge in [-0.3, -0.25) is 4.79 Å². The number of thiophene rings is 1. The van der Waals surface area contributed by atoms with E-state index < -0.39 is 0 Å². The van der Waals surface area contributed by atoms with Crippen molar-refractivity contribution in [1.29, 1.82) is 0 Å². The maximum Gasteiger partial charge on any atom is 0.258 e. The van der Waals surface area contributed by atoms with Gasteiger partial charge in [0.1, 0.15) is 0 Å². The van der Waals surface area contributed by atoms with Crippen LogP contribution in [0.25, 0.3) is 10.4 Å². The molecule has 1 amide bonds. The topological polar surface area (TPSA) is 86.1 Å². The molecule has 0 saturated heterocycles. The van der Waals surface area contributed by atoms with Crippen molar-refractivity contribution in [3.05, 3.63) is 82.7 Å². The van der Waals surface area contributed by atoms with Crippen molar-refractivity contribution < 1.29 is 19.0 Å². The molecule has 0 atom stereocenters. The maximum atomic E-state index is 14.1. The minimum absolute atomic E-state index is 0.153. The maximum absolute atomic E-state index is 14.1. The van der Waals surface area contributed by atoms with Gasteiger partial charge in [0.25, 0.3) is 5.91 Å². The lowest BCUT2D eigenvalue weighted by atomic mass is 10.1. The molecule has 0 bridgehead atoms. The lowest BCUT2D eigenvalue weighted by molar-refractivity contribution is 0.0985. The third-order valence-corrected chi connectivity index (χ3v) is 7.42. The van der Waals surface area contributed by atoms with Gasteiger partial charge in [-0.2, -0.15) is 0 Å². The molecule has 1 aliphatic rings. The SMILES string of the molecule is COc1cc(CN(C(=O)c2ccc3c(c2)NCC3)c2cc(-c3cccs3)ccc2N)cc(OC)c1OC. The fraction of sp³-hybridized carbons (Fsp3) is 0.207. The Balaban J connectivity index is 1.61. The van der Waals surface area contributed by atoms with Gasteiger partial charge in [-0.15, -0.1) is 11.3 Å². The normalized spacial score (nSPS) is 12.0. The fourth-order valence-corrected chi connectivity index (χ4v) is 5.35. The Morgan fingerprint density at radius 1 is 1.00 bits per heavy atom. The minimum atomic E-state index is -0.153. The average molecular weight is 516 g/mol. The van der Waals surface area contributed by atoms with Crippen LogP contribution in [0.3, 0.4) is 0 Å². The summed E-state index contributed by atoms with van der Waals surface area (Å²) in [6.07, 6.45) is 0.953. The third kappa shape index (κ3) is 4.80. The largest absolute Gasteiger partial charge is 0.493 e. The Morgan fingerprint density at radius 3 is 2.46 bits per heavy atom. The van der Waals surface area contributed by atoms with Gasteiger partial charge in [0.15, 0.2) is 11.5 Å². The number of anilines is 3. The highest BCUT2D eigenvalue weighted by Crippen LogP contribution is 2.40. The first-order valence-corrected chi connectivity index (χ1v) is 12.8. The molecule has 4 aromatic rings. The average Bonchev–Trinajstić information content (AvgIpc) is 3.63. The van der Waals surface area contributed by atoms with Crippen molar-refractivity contribution in [1.82, 2.24) is 0 Å². The van der Waals surface area contributed by atoms with E-state index in [9.17, 15) is 4.79 Å². The quantitative estimate of drug-likeness (QED) is 0.287. The molecular formula is C29H29N3O4S. The molecule has 0 fully saturated rings. The number of nitrogens with two attached hydrogens (primary N) is 1. The molecule has 1 aliphatic heterocycles. The van der Waals surface area contributed by atoms with Crippen molar-refractivity contribution in [2.24, 2.45) is 0 Å². The second kappa shape index (κ2) is 10.4. The number of carbonyl (C=O) groups is 1. The summed E-state index contributed by atoms with van der Waals surface area (Å²) in [4.78, 5) is 16.9. The first-order valence-electron chi connectivity index (χ1n) is 11.9. The summed E-state index contributed by atoms with van der Waals surface area (Å²) >= 11 is 1.64. The molecule has 0 spiro atoms. The zero-order chi connectivity index (χ0) is 25.9. The van der Waals surface area contributed by atoms with Gasteiger partial charge in [-0.25, -0.2) is 0 Å². The predicted molar refractivity (Wildman–Crippen MR) is 149 cm³/mol. The number of rotatable bonds is 8. The molecule has 37 heavy (non-hydrogen) atoms. The highest BCUT2D eigenvalue weighted by molar-refractivity contribution is 7.13. The lowest BCUT2D eigenvalue weighted by Gasteiger charge is -2.26. The van der Waals surface area contributed by atoms with E-state index >= 15 is 0 Å². The van der Waals surface area contributed by atoms with Crippen LogP contribution in [-0.2, 0) is 13.0 Å². The minimum Gasteiger partial charge on any atom is -0.493 e. The van der Waals surface area contributed by atoms with Crippen LogP contribution in [0.2, 0.25) is 0 Å². The summed E-state index contributed by atoms with van der Waals surface area (Å²) in [5, 5.41) is 5.39. The van der Waals surface area contributed by atoms with E-state index in [4.69, 9.17) is 19.9 Å². The van der Waals surface area contributed by atoms with E-state index in [1.54, 1.807) is 37.6 Å². The third-order valence-electron chi connectivity index (χ3n) is 6.50. The Hall–Kier alpha value is -4.17. The molecule has 0 saturated carbocycles. The standard InChI is InChI=1S/C29H29N3O4S/c1-34-25-13-18(14-26(35-2)28(25)36-3)17-32(29(33)21-7-6-19-10-11-31-23(19)15-21)24-16-20(8-9-22(24)30)27-5-4-12-37-27/h4-9,12-16,31H,10-11,17,30H2,1-3H3. The first-order chi connectivity index (χ1) is 18.0. The van der Waals surface area contributed by atoms with E-state index in [2.05, 4.69) is 11.4 Å². The van der Waals surface area contributed by atoms with Crippen molar-refractivity contribution in [2.75, 3.05) is 43.8 Å². The molecule has 0 aliphatic carbocycles. The number of nitrogens with zero attached hydrogens (tertiary/aromatic N) is 1. The molecule has 5 rings (SSSR count). The van der Waals surface area contributed by atoms with E-state index in [0.29, 0.717) is 34.2 Å². The summed E-state index contributed by atoms with van der Waals surface area (Å²) in [5.74, 6) is 1.38. The van der Waals surface area contributed by atoms with Crippen LogP contribution < -0.4 is 30.2 Å². The summed E-state index contributed by atoms with van der Waals surface area (Å²) in [6.45, 7) is 1.12. The molecule has 1 aromatic heterocycles. The van der Waals surface area contributed by atoms with Gasteiger partial charge >= 0.3 is 0 Å². The number of methoxy groups -OCH3 is 3. The summed E-state index contributed by atoms with van der Waals surface area (Å²) < 4.78 is 16.6. The number of nitrogens with one attached hydrogen (secondary N) is 1. The van der Waals surface area contributed by atoms with Crippen LogP contribution in [0, 0.1) is 0 Å². The number of fused-ring (bicyclic) bond motifs is 1. The zero-order valence-corrected chi connectivity index (χ0v) is 21.9. The van der Waals surface area contributed by atoms with Crippen LogP contribution in [0.5, 0.6) is 17.2 Å². The van der Waals surface area contributed by atoms with Crippen molar-refractivity contribution >= 4 is 34.3 Å². The number of ether oxygens (including phenoxy) is 3. The number of amides is 1. The Kier molecular flexibility index (Phi) is 6.92. The Labute approximate surface area is 220 Å². The van der Waals surface area contributed by atoms with Crippen LogP contribution in [0.1, 0.15) is 21.5 Å². The molecule has 0 unspecified atom stereocenters. The lowest BCUT2D eigenvalue weighted by Crippen LogP contribution is -2.31. The predicted octanol–water partition coefficient (Wildman–Crippen LogP) is 5.84. The number of hydrogen-bond acceptors (Lipinski definition) is 7. The van der Waals surface area contributed by atoms with Crippen LogP contribution >= 0.6 is 11.3 Å². The van der Waals surface area contributed by atoms with Crippen LogP contribution in [0.15, 0.2) is 66.0 Å². The summed E-state index contributed by atoms with van der Waals surface area (Å²) in [5.41, 5.74) is 12.2. The van der Waals surface area contributed by atoms with Gasteiger partial charge in [0.2, 0.25) is 5.75 Å². The smallest absolute Gasteiger partial charge is 0.258 e. The molecule has 8 heteroatoms. The van der Waals surface area contributed by atoms with Gasteiger partial charge < -0.3 is 30.2 Å². The highest BCUT2D eigenvalue weighted by Gasteiger charge is 2.24. The number of nitrogen functional groups attached to an aromatic ring is 1. The Morgan fingerprint density at radius 2 is 1.78 bits per heavy atom. The second-order valence-corrected chi connectivity index (χ2v) is 9.67. The van der Waals surface area contributed by atoms with E-state index in [-0.39, 0.29) is 12.5 Å². The Bertz CT molecular complexity index is 1410. The fourth-order valence-electron chi connectivity index (χ4n) is 4.63. The van der Waals surface area contributed by atoms with Crippen molar-refractivity contribution in [3.8, 4) is 27.7 Å². The highest BCUT2D eigenvalue weighted by atomic mass is 32.1. The van der Waals surface area contributed by atoms with Gasteiger partial charge in [0, 0.05) is 22.7 Å². The number of hydrogen-bond donors (Lipinski definition) is 2. The molecule has 0 radical (unpaired) electrons. The van der Waals surface area contributed by atoms with Crippen LogP contribution in [-0.4, -0.2) is 33.8 Å².